The van der Waals surface area contributed by atoms with Gasteiger partial charge in [-0.05, 0) is 54.1 Å². The molecular formula is C12H16INO2. The van der Waals surface area contributed by atoms with E-state index in [1.807, 2.05) is 24.3 Å². The first kappa shape index (κ1) is 13.4. The van der Waals surface area contributed by atoms with Gasteiger partial charge in [-0.2, -0.15) is 0 Å². The summed E-state index contributed by atoms with van der Waals surface area (Å²) >= 11 is 2.18. The molecule has 1 aromatic carbocycles. The number of hydrogen-bond acceptors (Lipinski definition) is 2. The molecule has 88 valence electrons. The maximum Gasteiger partial charge on any atom is 0.253 e. The lowest BCUT2D eigenvalue weighted by atomic mass is 10.2. The summed E-state index contributed by atoms with van der Waals surface area (Å²) in [6.07, 6.45) is 0.234. The Morgan fingerprint density at radius 3 is 2.81 bits per heavy atom. The van der Waals surface area contributed by atoms with Crippen LogP contribution in [-0.2, 0) is 0 Å². The van der Waals surface area contributed by atoms with Crippen molar-refractivity contribution in [3.05, 3.63) is 33.4 Å². The minimum absolute atomic E-state index is 0.000772. The molecule has 16 heavy (non-hydrogen) atoms. The van der Waals surface area contributed by atoms with Gasteiger partial charge >= 0.3 is 0 Å². The fourth-order valence-electron chi connectivity index (χ4n) is 1.32. The van der Waals surface area contributed by atoms with E-state index in [0.29, 0.717) is 18.5 Å². The number of benzene rings is 1. The van der Waals surface area contributed by atoms with Gasteiger partial charge in [0, 0.05) is 22.7 Å². The molecular weight excluding hydrogens is 317 g/mol. The van der Waals surface area contributed by atoms with Gasteiger partial charge in [0.15, 0.2) is 0 Å². The third kappa shape index (κ3) is 4.09. The molecule has 0 saturated carbocycles. The van der Waals surface area contributed by atoms with Crippen LogP contribution in [0.4, 0.5) is 0 Å². The fourth-order valence-corrected chi connectivity index (χ4v) is 1.87. The molecule has 1 amide bonds. The number of carbonyl (C=O) groups is 1. The Morgan fingerprint density at radius 1 is 1.56 bits per heavy atom. The quantitative estimate of drug-likeness (QED) is 0.858. The van der Waals surface area contributed by atoms with E-state index in [2.05, 4.69) is 22.6 Å². The number of aliphatic hydroxyl groups excluding tert-OH is 1. The monoisotopic (exact) mass is 333 g/mol. The van der Waals surface area contributed by atoms with Crippen molar-refractivity contribution < 1.29 is 9.90 Å². The van der Waals surface area contributed by atoms with Crippen LogP contribution in [0, 0.1) is 3.57 Å². The van der Waals surface area contributed by atoms with E-state index in [4.69, 9.17) is 5.11 Å². The zero-order chi connectivity index (χ0) is 12.1. The van der Waals surface area contributed by atoms with E-state index in [1.54, 1.807) is 18.9 Å². The molecule has 3 nitrogen and oxygen atoms in total. The normalized spacial score (nSPS) is 12.2. The Balaban J connectivity index is 2.63. The van der Waals surface area contributed by atoms with Crippen molar-refractivity contribution in [3.8, 4) is 0 Å². The molecule has 4 heteroatoms. The number of aliphatic hydroxyl groups is 1. The number of amides is 1. The van der Waals surface area contributed by atoms with Gasteiger partial charge in [0.25, 0.3) is 5.91 Å². The minimum atomic E-state index is -0.369. The van der Waals surface area contributed by atoms with Crippen LogP contribution in [0.3, 0.4) is 0 Å². The molecule has 0 fully saturated rings. The zero-order valence-corrected chi connectivity index (χ0v) is 11.6. The Hall–Kier alpha value is -0.620. The molecule has 1 atom stereocenters. The van der Waals surface area contributed by atoms with Gasteiger partial charge in [-0.1, -0.05) is 6.07 Å². The highest BCUT2D eigenvalue weighted by Crippen LogP contribution is 2.10. The van der Waals surface area contributed by atoms with Crippen LogP contribution in [0.15, 0.2) is 24.3 Å². The molecule has 0 aliphatic carbocycles. The molecule has 0 aromatic heterocycles. The molecule has 0 heterocycles. The average molecular weight is 333 g/mol. The van der Waals surface area contributed by atoms with Crippen LogP contribution in [0.1, 0.15) is 23.7 Å². The maximum atomic E-state index is 12.0. The highest BCUT2D eigenvalue weighted by atomic mass is 127. The van der Waals surface area contributed by atoms with E-state index >= 15 is 0 Å². The standard InChI is InChI=1S/C12H16INO2/c1-9(15)6-7-14(2)12(16)10-4-3-5-11(13)8-10/h3-5,8-9,15H,6-7H2,1-2H3. The second kappa shape index (κ2) is 6.20. The van der Waals surface area contributed by atoms with Gasteiger partial charge in [0.05, 0.1) is 6.10 Å². The molecule has 1 unspecified atom stereocenters. The van der Waals surface area contributed by atoms with Crippen LogP contribution in [0.5, 0.6) is 0 Å². The van der Waals surface area contributed by atoms with Crippen LogP contribution in [-0.4, -0.2) is 35.6 Å². The van der Waals surface area contributed by atoms with E-state index in [-0.39, 0.29) is 12.0 Å². The molecule has 1 aromatic rings. The summed E-state index contributed by atoms with van der Waals surface area (Å²) in [7, 11) is 1.75. The number of hydrogen-bond donors (Lipinski definition) is 1. The van der Waals surface area contributed by atoms with Crippen molar-refractivity contribution in [3.63, 3.8) is 0 Å². The third-order valence-electron chi connectivity index (χ3n) is 2.30. The summed E-state index contributed by atoms with van der Waals surface area (Å²) < 4.78 is 1.05. The molecule has 1 N–H and O–H groups in total. The number of carbonyl (C=O) groups excluding carboxylic acids is 1. The first-order chi connectivity index (χ1) is 7.50. The zero-order valence-electron chi connectivity index (χ0n) is 9.48. The molecule has 0 aliphatic heterocycles. The first-order valence-electron chi connectivity index (χ1n) is 5.20. The van der Waals surface area contributed by atoms with E-state index in [9.17, 15) is 4.79 Å². The fraction of sp³-hybridized carbons (Fsp3) is 0.417. The third-order valence-corrected chi connectivity index (χ3v) is 2.97. The van der Waals surface area contributed by atoms with Crippen LogP contribution >= 0.6 is 22.6 Å². The molecule has 1 rings (SSSR count). The lowest BCUT2D eigenvalue weighted by molar-refractivity contribution is 0.0769. The van der Waals surface area contributed by atoms with Gasteiger partial charge in [0.2, 0.25) is 0 Å². The van der Waals surface area contributed by atoms with Crippen molar-refractivity contribution >= 4 is 28.5 Å². The smallest absolute Gasteiger partial charge is 0.253 e. The van der Waals surface area contributed by atoms with Crippen molar-refractivity contribution in [1.82, 2.24) is 4.90 Å². The average Bonchev–Trinajstić information content (AvgIpc) is 2.24. The summed E-state index contributed by atoms with van der Waals surface area (Å²) in [6.45, 7) is 2.30. The lowest BCUT2D eigenvalue weighted by Crippen LogP contribution is -2.29. The number of nitrogens with zero attached hydrogens (tertiary/aromatic N) is 1. The van der Waals surface area contributed by atoms with Gasteiger partial charge in [-0.25, -0.2) is 0 Å². The Kier molecular flexibility index (Phi) is 5.21. The highest BCUT2D eigenvalue weighted by Gasteiger charge is 2.11. The second-order valence-corrected chi connectivity index (χ2v) is 5.12. The summed E-state index contributed by atoms with van der Waals surface area (Å²) in [5.74, 6) is -0.000772. The van der Waals surface area contributed by atoms with E-state index in [1.165, 1.54) is 0 Å². The Labute approximate surface area is 110 Å². The lowest BCUT2D eigenvalue weighted by Gasteiger charge is -2.18. The molecule has 0 bridgehead atoms. The van der Waals surface area contributed by atoms with Crippen molar-refractivity contribution in [2.45, 2.75) is 19.4 Å². The SMILES string of the molecule is CC(O)CCN(C)C(=O)c1cccc(I)c1. The Bertz CT molecular complexity index is 366. The van der Waals surface area contributed by atoms with Crippen molar-refractivity contribution in [2.24, 2.45) is 0 Å². The van der Waals surface area contributed by atoms with Crippen LogP contribution < -0.4 is 0 Å². The summed E-state index contributed by atoms with van der Waals surface area (Å²) in [4.78, 5) is 13.6. The predicted molar refractivity (Wildman–Crippen MR) is 72.4 cm³/mol. The van der Waals surface area contributed by atoms with Gasteiger partial charge in [-0.3, -0.25) is 4.79 Å². The summed E-state index contributed by atoms with van der Waals surface area (Å²) in [5.41, 5.74) is 0.694. The predicted octanol–water partition coefficient (Wildman–Crippen LogP) is 2.13. The van der Waals surface area contributed by atoms with Gasteiger partial charge in [-0.15, -0.1) is 0 Å². The van der Waals surface area contributed by atoms with Gasteiger partial charge < -0.3 is 10.0 Å². The largest absolute Gasteiger partial charge is 0.393 e. The number of rotatable bonds is 4. The van der Waals surface area contributed by atoms with Crippen LogP contribution in [0.2, 0.25) is 0 Å². The molecule has 0 radical (unpaired) electrons. The van der Waals surface area contributed by atoms with E-state index in [0.717, 1.165) is 3.57 Å². The summed E-state index contributed by atoms with van der Waals surface area (Å²) in [5, 5.41) is 9.16. The Morgan fingerprint density at radius 2 is 2.25 bits per heavy atom. The topological polar surface area (TPSA) is 40.5 Å². The first-order valence-corrected chi connectivity index (χ1v) is 6.27. The summed E-state index contributed by atoms with van der Waals surface area (Å²) in [6, 6.07) is 7.50. The minimum Gasteiger partial charge on any atom is -0.393 e. The number of halogens is 1. The molecule has 0 spiro atoms. The van der Waals surface area contributed by atoms with E-state index < -0.39 is 0 Å². The van der Waals surface area contributed by atoms with Crippen molar-refractivity contribution in [1.29, 1.82) is 0 Å². The molecule has 0 aliphatic rings. The second-order valence-electron chi connectivity index (χ2n) is 3.87. The maximum absolute atomic E-state index is 12.0. The van der Waals surface area contributed by atoms with Crippen LogP contribution in [0.25, 0.3) is 0 Å². The van der Waals surface area contributed by atoms with Gasteiger partial charge in [0.1, 0.15) is 0 Å². The highest BCUT2D eigenvalue weighted by molar-refractivity contribution is 14.1. The van der Waals surface area contributed by atoms with Crippen molar-refractivity contribution in [2.75, 3.05) is 13.6 Å². The molecule has 0 saturated heterocycles.